The van der Waals surface area contributed by atoms with Crippen molar-refractivity contribution >= 4 is 17.6 Å². The molecule has 1 atom stereocenters. The third-order valence-electron chi connectivity index (χ3n) is 2.98. The summed E-state index contributed by atoms with van der Waals surface area (Å²) >= 11 is 0. The highest BCUT2D eigenvalue weighted by Gasteiger charge is 2.30. The Labute approximate surface area is 135 Å². The summed E-state index contributed by atoms with van der Waals surface area (Å²) in [6.45, 7) is 1.31. The standard InChI is InChI=1S/C16H13F3N2O3/c1-10(24-15(23)13-7-2-3-8-20-13)14(22)21-12-6-4-5-11(9-12)16(17,18)19/h2-10H,1H3,(H,21,22)/t10-/m0/s1. The first-order chi connectivity index (χ1) is 11.3. The maximum atomic E-state index is 12.6. The number of nitrogens with zero attached hydrogens (tertiary/aromatic N) is 1. The zero-order chi connectivity index (χ0) is 17.7. The van der Waals surface area contributed by atoms with E-state index in [-0.39, 0.29) is 11.4 Å². The lowest BCUT2D eigenvalue weighted by Gasteiger charge is -2.14. The average Bonchev–Trinajstić information content (AvgIpc) is 2.55. The van der Waals surface area contributed by atoms with Crippen LogP contribution in [0.3, 0.4) is 0 Å². The summed E-state index contributed by atoms with van der Waals surface area (Å²) < 4.78 is 42.8. The van der Waals surface area contributed by atoms with E-state index in [0.29, 0.717) is 0 Å². The van der Waals surface area contributed by atoms with Crippen molar-refractivity contribution in [1.29, 1.82) is 0 Å². The predicted octanol–water partition coefficient (Wildman–Crippen LogP) is 3.28. The van der Waals surface area contributed by atoms with Gasteiger partial charge in [-0.3, -0.25) is 4.79 Å². The highest BCUT2D eigenvalue weighted by atomic mass is 19.4. The number of pyridine rings is 1. The third-order valence-corrected chi connectivity index (χ3v) is 2.98. The molecule has 24 heavy (non-hydrogen) atoms. The summed E-state index contributed by atoms with van der Waals surface area (Å²) in [5, 5.41) is 2.27. The van der Waals surface area contributed by atoms with Crippen molar-refractivity contribution in [2.24, 2.45) is 0 Å². The molecule has 0 saturated carbocycles. The Morgan fingerprint density at radius 3 is 2.54 bits per heavy atom. The number of hydrogen-bond donors (Lipinski definition) is 1. The van der Waals surface area contributed by atoms with Gasteiger partial charge in [0.25, 0.3) is 5.91 Å². The van der Waals surface area contributed by atoms with E-state index in [0.717, 1.165) is 12.1 Å². The van der Waals surface area contributed by atoms with Gasteiger partial charge in [-0.05, 0) is 37.3 Å². The lowest BCUT2D eigenvalue weighted by atomic mass is 10.2. The van der Waals surface area contributed by atoms with Crippen LogP contribution in [0.15, 0.2) is 48.7 Å². The molecule has 0 spiro atoms. The van der Waals surface area contributed by atoms with Crippen LogP contribution in [0.5, 0.6) is 0 Å². The van der Waals surface area contributed by atoms with Gasteiger partial charge in [0.05, 0.1) is 5.56 Å². The first-order valence-corrected chi connectivity index (χ1v) is 6.87. The van der Waals surface area contributed by atoms with Crippen LogP contribution in [0.1, 0.15) is 23.0 Å². The van der Waals surface area contributed by atoms with Crippen molar-refractivity contribution in [3.05, 3.63) is 59.9 Å². The number of alkyl halides is 3. The molecular formula is C16H13F3N2O3. The molecule has 1 N–H and O–H groups in total. The van der Waals surface area contributed by atoms with E-state index in [1.807, 2.05) is 0 Å². The van der Waals surface area contributed by atoms with Crippen molar-refractivity contribution in [1.82, 2.24) is 4.98 Å². The molecule has 0 radical (unpaired) electrons. The normalized spacial score (nSPS) is 12.3. The Balaban J connectivity index is 2.00. The summed E-state index contributed by atoms with van der Waals surface area (Å²) in [4.78, 5) is 27.5. The average molecular weight is 338 g/mol. The maximum absolute atomic E-state index is 12.6. The second-order valence-corrected chi connectivity index (χ2v) is 4.83. The van der Waals surface area contributed by atoms with E-state index in [9.17, 15) is 22.8 Å². The van der Waals surface area contributed by atoms with Crippen molar-refractivity contribution in [2.75, 3.05) is 5.32 Å². The highest BCUT2D eigenvalue weighted by Crippen LogP contribution is 2.30. The molecule has 0 unspecified atom stereocenters. The van der Waals surface area contributed by atoms with Crippen molar-refractivity contribution in [2.45, 2.75) is 19.2 Å². The molecule has 126 valence electrons. The van der Waals surface area contributed by atoms with E-state index >= 15 is 0 Å². The first-order valence-electron chi connectivity index (χ1n) is 6.87. The van der Waals surface area contributed by atoms with E-state index < -0.39 is 29.7 Å². The molecule has 1 heterocycles. The minimum Gasteiger partial charge on any atom is -0.448 e. The molecule has 1 aromatic carbocycles. The van der Waals surface area contributed by atoms with Crippen molar-refractivity contribution in [3.63, 3.8) is 0 Å². The smallest absolute Gasteiger partial charge is 0.416 e. The molecule has 0 aliphatic heterocycles. The van der Waals surface area contributed by atoms with Gasteiger partial charge in [0.2, 0.25) is 0 Å². The molecule has 8 heteroatoms. The van der Waals surface area contributed by atoms with Crippen LogP contribution in [-0.2, 0) is 15.7 Å². The van der Waals surface area contributed by atoms with Gasteiger partial charge in [0, 0.05) is 11.9 Å². The number of benzene rings is 1. The zero-order valence-electron chi connectivity index (χ0n) is 12.5. The number of carbonyl (C=O) groups is 2. The fraction of sp³-hybridized carbons (Fsp3) is 0.188. The summed E-state index contributed by atoms with van der Waals surface area (Å²) in [6, 6.07) is 8.77. The number of aromatic nitrogens is 1. The van der Waals surface area contributed by atoms with E-state index in [1.54, 1.807) is 12.1 Å². The third kappa shape index (κ3) is 4.55. The number of carbonyl (C=O) groups excluding carboxylic acids is 2. The minimum atomic E-state index is -4.52. The molecule has 1 aromatic heterocycles. The van der Waals surface area contributed by atoms with Gasteiger partial charge < -0.3 is 10.1 Å². The van der Waals surface area contributed by atoms with Crippen LogP contribution in [0.2, 0.25) is 0 Å². The Morgan fingerprint density at radius 2 is 1.92 bits per heavy atom. The van der Waals surface area contributed by atoms with Gasteiger partial charge in [-0.15, -0.1) is 0 Å². The number of hydrogen-bond acceptors (Lipinski definition) is 4. The predicted molar refractivity (Wildman–Crippen MR) is 79.2 cm³/mol. The van der Waals surface area contributed by atoms with Gasteiger partial charge in [0.15, 0.2) is 6.10 Å². The van der Waals surface area contributed by atoms with Crippen LogP contribution in [0.25, 0.3) is 0 Å². The highest BCUT2D eigenvalue weighted by molar-refractivity contribution is 5.96. The molecule has 5 nitrogen and oxygen atoms in total. The lowest BCUT2D eigenvalue weighted by molar-refractivity contribution is -0.137. The second kappa shape index (κ2) is 7.12. The summed E-state index contributed by atoms with van der Waals surface area (Å²) in [5.74, 6) is -1.55. The molecule has 0 fully saturated rings. The van der Waals surface area contributed by atoms with E-state index in [4.69, 9.17) is 4.74 Å². The minimum absolute atomic E-state index is 0.0243. The number of nitrogens with one attached hydrogen (secondary N) is 1. The zero-order valence-corrected chi connectivity index (χ0v) is 12.5. The number of esters is 1. The number of halogens is 3. The van der Waals surface area contributed by atoms with Crippen LogP contribution in [0, 0.1) is 0 Å². The van der Waals surface area contributed by atoms with Crippen LogP contribution in [0.4, 0.5) is 18.9 Å². The Bertz CT molecular complexity index is 733. The first kappa shape index (κ1) is 17.5. The van der Waals surface area contributed by atoms with Crippen LogP contribution < -0.4 is 5.32 Å². The quantitative estimate of drug-likeness (QED) is 0.869. The Hall–Kier alpha value is -2.90. The molecule has 1 amide bonds. The summed E-state index contributed by atoms with van der Waals surface area (Å²) in [7, 11) is 0. The Kier molecular flexibility index (Phi) is 5.18. The Morgan fingerprint density at radius 1 is 1.17 bits per heavy atom. The van der Waals surface area contributed by atoms with Gasteiger partial charge >= 0.3 is 12.1 Å². The van der Waals surface area contributed by atoms with Crippen LogP contribution in [-0.4, -0.2) is 23.0 Å². The fourth-order valence-electron chi connectivity index (χ4n) is 1.78. The monoisotopic (exact) mass is 338 g/mol. The summed E-state index contributed by atoms with van der Waals surface area (Å²) in [5.41, 5.74) is -0.912. The second-order valence-electron chi connectivity index (χ2n) is 4.83. The number of amides is 1. The maximum Gasteiger partial charge on any atom is 0.416 e. The van der Waals surface area contributed by atoms with Gasteiger partial charge in [-0.2, -0.15) is 13.2 Å². The summed E-state index contributed by atoms with van der Waals surface area (Å²) in [6.07, 6.45) is -4.32. The van der Waals surface area contributed by atoms with Gasteiger partial charge in [-0.1, -0.05) is 12.1 Å². The largest absolute Gasteiger partial charge is 0.448 e. The van der Waals surface area contributed by atoms with Gasteiger partial charge in [-0.25, -0.2) is 9.78 Å². The molecule has 0 bridgehead atoms. The van der Waals surface area contributed by atoms with Crippen molar-refractivity contribution in [3.8, 4) is 0 Å². The number of rotatable bonds is 4. The number of ether oxygens (including phenoxy) is 1. The number of anilines is 1. The van der Waals surface area contributed by atoms with Gasteiger partial charge in [0.1, 0.15) is 5.69 Å². The topological polar surface area (TPSA) is 68.3 Å². The molecule has 2 aromatic rings. The van der Waals surface area contributed by atoms with Crippen molar-refractivity contribution < 1.29 is 27.5 Å². The molecule has 0 saturated heterocycles. The van der Waals surface area contributed by atoms with E-state index in [2.05, 4.69) is 10.3 Å². The van der Waals surface area contributed by atoms with Crippen LogP contribution >= 0.6 is 0 Å². The molecule has 0 aliphatic rings. The molecular weight excluding hydrogens is 325 g/mol. The SMILES string of the molecule is C[C@H](OC(=O)c1ccccn1)C(=O)Nc1cccc(C(F)(F)F)c1. The fourth-order valence-corrected chi connectivity index (χ4v) is 1.78. The lowest BCUT2D eigenvalue weighted by Crippen LogP contribution is -2.30. The van der Waals surface area contributed by atoms with E-state index in [1.165, 1.54) is 31.3 Å². The molecule has 0 aliphatic carbocycles. The molecule has 2 rings (SSSR count).